The van der Waals surface area contributed by atoms with E-state index >= 15 is 0 Å². The van der Waals surface area contributed by atoms with E-state index < -0.39 is 0 Å². The van der Waals surface area contributed by atoms with Crippen molar-refractivity contribution < 1.29 is 0 Å². The maximum atomic E-state index is 4.09. The van der Waals surface area contributed by atoms with Crippen molar-refractivity contribution in [1.82, 2.24) is 0 Å². The lowest BCUT2D eigenvalue weighted by molar-refractivity contribution is 1.61. The summed E-state index contributed by atoms with van der Waals surface area (Å²) in [7, 11) is 0. The fourth-order valence-electron chi connectivity index (χ4n) is 2.06. The van der Waals surface area contributed by atoms with Crippen LogP contribution >= 0.6 is 22.7 Å². The number of fused-ring (bicyclic) bond motifs is 1. The molecule has 0 aliphatic heterocycles. The third kappa shape index (κ3) is 1.74. The van der Waals surface area contributed by atoms with Gasteiger partial charge in [0.2, 0.25) is 0 Å². The maximum absolute atomic E-state index is 4.09. The molecule has 0 bridgehead atoms. The minimum absolute atomic E-state index is 1.11. The van der Waals surface area contributed by atoms with Crippen molar-refractivity contribution in [3.63, 3.8) is 0 Å². The van der Waals surface area contributed by atoms with Gasteiger partial charge in [-0.3, -0.25) is 0 Å². The Balaban J connectivity index is 2.38. The van der Waals surface area contributed by atoms with Gasteiger partial charge >= 0.3 is 0 Å². The molecule has 0 aliphatic carbocycles. The topological polar surface area (TPSA) is 0 Å². The lowest BCUT2D eigenvalue weighted by Crippen LogP contribution is -2.22. The Labute approximate surface area is 108 Å². The Morgan fingerprint density at radius 1 is 1.18 bits per heavy atom. The number of thiophene rings is 2. The van der Waals surface area contributed by atoms with Gasteiger partial charge < -0.3 is 0 Å². The first-order chi connectivity index (χ1) is 8.29. The van der Waals surface area contributed by atoms with Gasteiger partial charge in [0.25, 0.3) is 0 Å². The van der Waals surface area contributed by atoms with Crippen molar-refractivity contribution in [1.29, 1.82) is 0 Å². The number of hydrogen-bond acceptors (Lipinski definition) is 2. The smallest absolute Gasteiger partial charge is 0.0455 e. The minimum atomic E-state index is 1.11. The standard InChI is InChI=1S/C15H12S2/c1-3-11-10(2)6-7-13-12(11)9-15(17-13)14-5-4-8-16-14/h3-9H,2H2,1H3/b11-3+. The molecular formula is C15H12S2. The third-order valence-electron chi connectivity index (χ3n) is 2.89. The highest BCUT2D eigenvalue weighted by molar-refractivity contribution is 7.25. The van der Waals surface area contributed by atoms with Gasteiger partial charge in [-0.2, -0.15) is 0 Å². The molecule has 0 fully saturated rings. The van der Waals surface area contributed by atoms with E-state index in [9.17, 15) is 0 Å². The second-order valence-corrected chi connectivity index (χ2v) is 5.96. The Kier molecular flexibility index (Phi) is 2.61. The summed E-state index contributed by atoms with van der Waals surface area (Å²) >= 11 is 3.65. The Hall–Kier alpha value is -1.38. The second-order valence-electron chi connectivity index (χ2n) is 3.93. The van der Waals surface area contributed by atoms with Gasteiger partial charge in [-0.1, -0.05) is 24.8 Å². The van der Waals surface area contributed by atoms with Gasteiger partial charge in [-0.05, 0) is 40.9 Å². The van der Waals surface area contributed by atoms with Crippen LogP contribution in [0.4, 0.5) is 0 Å². The van der Waals surface area contributed by atoms with Crippen molar-refractivity contribution in [3.8, 4) is 9.75 Å². The van der Waals surface area contributed by atoms with E-state index in [2.05, 4.69) is 55.3 Å². The first-order valence-electron chi connectivity index (χ1n) is 5.51. The lowest BCUT2D eigenvalue weighted by Gasteiger charge is -1.90. The number of hydrogen-bond donors (Lipinski definition) is 0. The van der Waals surface area contributed by atoms with Gasteiger partial charge in [-0.15, -0.1) is 22.7 Å². The molecule has 1 aromatic carbocycles. The van der Waals surface area contributed by atoms with E-state index in [0.717, 1.165) is 5.22 Å². The van der Waals surface area contributed by atoms with Gasteiger partial charge in [0.05, 0.1) is 0 Å². The summed E-state index contributed by atoms with van der Waals surface area (Å²) in [6.07, 6.45) is 2.15. The molecule has 3 rings (SSSR count). The first kappa shape index (κ1) is 10.8. The number of rotatable bonds is 1. The molecular weight excluding hydrogens is 244 g/mol. The molecule has 0 radical (unpaired) electrons. The molecule has 0 amide bonds. The average molecular weight is 256 g/mol. The predicted octanol–water partition coefficient (Wildman–Crippen LogP) is 3.84. The molecule has 3 aromatic rings. The van der Waals surface area contributed by atoms with Gasteiger partial charge in [-0.25, -0.2) is 0 Å². The molecule has 0 spiro atoms. The average Bonchev–Trinajstić information content (AvgIpc) is 2.97. The number of benzene rings is 1. The summed E-state index contributed by atoms with van der Waals surface area (Å²) in [5, 5.41) is 5.82. The fourth-order valence-corrected chi connectivity index (χ4v) is 3.96. The molecule has 0 unspecified atom stereocenters. The van der Waals surface area contributed by atoms with Gasteiger partial charge in [0, 0.05) is 19.8 Å². The molecule has 2 aromatic heterocycles. The monoisotopic (exact) mass is 256 g/mol. The summed E-state index contributed by atoms with van der Waals surface area (Å²) in [4.78, 5) is 2.70. The van der Waals surface area contributed by atoms with Crippen LogP contribution < -0.4 is 10.4 Å². The molecule has 2 heterocycles. The van der Waals surface area contributed by atoms with Crippen molar-refractivity contribution >= 4 is 45.4 Å². The van der Waals surface area contributed by atoms with E-state index in [0.29, 0.717) is 0 Å². The molecule has 84 valence electrons. The predicted molar refractivity (Wildman–Crippen MR) is 80.0 cm³/mol. The highest BCUT2D eigenvalue weighted by Gasteiger charge is 2.05. The Morgan fingerprint density at radius 3 is 2.76 bits per heavy atom. The molecule has 2 heteroatoms. The SMILES string of the molecule is C=c1ccc2sc(-c3cccs3)cc2/c1=C/C. The molecule has 0 aliphatic rings. The van der Waals surface area contributed by atoms with Crippen molar-refractivity contribution in [2.45, 2.75) is 6.92 Å². The van der Waals surface area contributed by atoms with Crippen LogP contribution in [-0.4, -0.2) is 0 Å². The van der Waals surface area contributed by atoms with Crippen LogP contribution in [0.3, 0.4) is 0 Å². The summed E-state index contributed by atoms with van der Waals surface area (Å²) in [5.74, 6) is 0. The molecule has 0 N–H and O–H groups in total. The fraction of sp³-hybridized carbons (Fsp3) is 0.0667. The summed E-state index contributed by atoms with van der Waals surface area (Å²) < 4.78 is 1.34. The third-order valence-corrected chi connectivity index (χ3v) is 5.05. The van der Waals surface area contributed by atoms with Crippen LogP contribution in [0.5, 0.6) is 0 Å². The van der Waals surface area contributed by atoms with Crippen molar-refractivity contribution in [2.75, 3.05) is 0 Å². The Bertz CT molecular complexity index is 761. The highest BCUT2D eigenvalue weighted by atomic mass is 32.1. The van der Waals surface area contributed by atoms with Gasteiger partial charge in [0.15, 0.2) is 0 Å². The van der Waals surface area contributed by atoms with Crippen LogP contribution in [0.25, 0.3) is 32.5 Å². The van der Waals surface area contributed by atoms with Crippen LogP contribution in [-0.2, 0) is 0 Å². The quantitative estimate of drug-likeness (QED) is 0.620. The largest absolute Gasteiger partial charge is 0.143 e. The molecule has 0 saturated carbocycles. The van der Waals surface area contributed by atoms with Crippen LogP contribution in [0, 0.1) is 0 Å². The summed E-state index contributed by atoms with van der Waals surface area (Å²) in [6.45, 7) is 6.16. The summed E-state index contributed by atoms with van der Waals surface area (Å²) in [5.41, 5.74) is 0. The van der Waals surface area contributed by atoms with Crippen molar-refractivity contribution in [3.05, 3.63) is 46.1 Å². The second kappa shape index (κ2) is 4.13. The normalized spacial score (nSPS) is 12.4. The van der Waals surface area contributed by atoms with Gasteiger partial charge in [0.1, 0.15) is 0 Å². The highest BCUT2D eigenvalue weighted by Crippen LogP contribution is 2.34. The molecule has 17 heavy (non-hydrogen) atoms. The Morgan fingerprint density at radius 2 is 2.06 bits per heavy atom. The zero-order valence-corrected chi connectivity index (χ0v) is 11.2. The molecule has 0 saturated heterocycles. The van der Waals surface area contributed by atoms with Crippen molar-refractivity contribution in [2.24, 2.45) is 0 Å². The first-order valence-corrected chi connectivity index (χ1v) is 7.21. The van der Waals surface area contributed by atoms with E-state index in [1.54, 1.807) is 11.3 Å². The maximum Gasteiger partial charge on any atom is 0.0455 e. The zero-order valence-electron chi connectivity index (χ0n) is 9.57. The molecule has 0 atom stereocenters. The van der Waals surface area contributed by atoms with E-state index in [1.165, 1.54) is 25.1 Å². The zero-order chi connectivity index (χ0) is 11.8. The lowest BCUT2D eigenvalue weighted by atomic mass is 10.1. The van der Waals surface area contributed by atoms with E-state index in [4.69, 9.17) is 0 Å². The van der Waals surface area contributed by atoms with Crippen LogP contribution in [0.1, 0.15) is 6.92 Å². The van der Waals surface area contributed by atoms with E-state index in [1.807, 2.05) is 11.3 Å². The molecule has 0 nitrogen and oxygen atoms in total. The summed E-state index contributed by atoms with van der Waals surface area (Å²) in [6, 6.07) is 10.8. The van der Waals surface area contributed by atoms with E-state index in [-0.39, 0.29) is 0 Å². The minimum Gasteiger partial charge on any atom is -0.143 e. The van der Waals surface area contributed by atoms with Crippen LogP contribution in [0.2, 0.25) is 0 Å². The van der Waals surface area contributed by atoms with Crippen LogP contribution in [0.15, 0.2) is 35.7 Å².